The quantitative estimate of drug-likeness (QED) is 0.903. The minimum atomic E-state index is -4.38. The first-order valence-corrected chi connectivity index (χ1v) is 5.44. The van der Waals surface area contributed by atoms with Crippen molar-refractivity contribution >= 4 is 0 Å². The molecule has 0 bridgehead atoms. The number of ether oxygens (including phenoxy) is 2. The van der Waals surface area contributed by atoms with Gasteiger partial charge in [-0.15, -0.1) is 0 Å². The fourth-order valence-electron chi connectivity index (χ4n) is 1.61. The molecule has 0 amide bonds. The van der Waals surface area contributed by atoms with Crippen LogP contribution in [-0.2, 0) is 10.9 Å². The Morgan fingerprint density at radius 3 is 2.56 bits per heavy atom. The molecule has 1 aromatic carbocycles. The SMILES string of the molecule is OCC1(COc2cccc(C(F)(F)F)c2)COC1. The Morgan fingerprint density at radius 2 is 2.06 bits per heavy atom. The van der Waals surface area contributed by atoms with Gasteiger partial charge in [-0.25, -0.2) is 0 Å². The molecule has 0 aliphatic carbocycles. The monoisotopic (exact) mass is 262 g/mol. The van der Waals surface area contributed by atoms with Gasteiger partial charge in [0.25, 0.3) is 0 Å². The molecule has 1 aliphatic heterocycles. The van der Waals surface area contributed by atoms with E-state index in [0.29, 0.717) is 13.2 Å². The molecule has 6 heteroatoms. The summed E-state index contributed by atoms with van der Waals surface area (Å²) in [4.78, 5) is 0. The second kappa shape index (κ2) is 4.78. The van der Waals surface area contributed by atoms with Gasteiger partial charge in [-0.1, -0.05) is 6.07 Å². The lowest BCUT2D eigenvalue weighted by molar-refractivity contribution is -0.153. The number of alkyl halides is 3. The van der Waals surface area contributed by atoms with Crippen LogP contribution in [0.5, 0.6) is 5.75 Å². The number of halogens is 3. The predicted molar refractivity (Wildman–Crippen MR) is 57.3 cm³/mol. The topological polar surface area (TPSA) is 38.7 Å². The zero-order valence-electron chi connectivity index (χ0n) is 9.54. The molecule has 1 aliphatic rings. The number of aliphatic hydroxyl groups is 1. The van der Waals surface area contributed by atoms with Gasteiger partial charge in [0.05, 0.1) is 30.8 Å². The molecule has 1 aromatic rings. The Bertz CT molecular complexity index is 408. The highest BCUT2D eigenvalue weighted by molar-refractivity contribution is 5.30. The minimum absolute atomic E-state index is 0.105. The number of hydrogen-bond donors (Lipinski definition) is 1. The van der Waals surface area contributed by atoms with Crippen LogP contribution in [0.25, 0.3) is 0 Å². The van der Waals surface area contributed by atoms with E-state index in [0.717, 1.165) is 12.1 Å². The van der Waals surface area contributed by atoms with Crippen LogP contribution in [0.15, 0.2) is 24.3 Å². The fraction of sp³-hybridized carbons (Fsp3) is 0.500. The molecule has 0 unspecified atom stereocenters. The van der Waals surface area contributed by atoms with Crippen molar-refractivity contribution < 1.29 is 27.8 Å². The molecule has 1 saturated heterocycles. The van der Waals surface area contributed by atoms with E-state index in [1.54, 1.807) is 0 Å². The Kier molecular flexibility index (Phi) is 3.49. The van der Waals surface area contributed by atoms with Crippen LogP contribution in [-0.4, -0.2) is 31.5 Å². The van der Waals surface area contributed by atoms with Crippen LogP contribution in [0.3, 0.4) is 0 Å². The normalized spacial score (nSPS) is 18.2. The highest BCUT2D eigenvalue weighted by Gasteiger charge is 2.39. The maximum Gasteiger partial charge on any atom is 0.416 e. The van der Waals surface area contributed by atoms with E-state index >= 15 is 0 Å². The minimum Gasteiger partial charge on any atom is -0.493 e. The molecule has 0 saturated carbocycles. The highest BCUT2D eigenvalue weighted by Crippen LogP contribution is 2.32. The second-order valence-corrected chi connectivity index (χ2v) is 4.47. The third-order valence-corrected chi connectivity index (χ3v) is 2.86. The summed E-state index contributed by atoms with van der Waals surface area (Å²) in [6.07, 6.45) is -4.38. The van der Waals surface area contributed by atoms with Crippen molar-refractivity contribution in [3.8, 4) is 5.75 Å². The van der Waals surface area contributed by atoms with Crippen molar-refractivity contribution in [2.45, 2.75) is 6.18 Å². The highest BCUT2D eigenvalue weighted by atomic mass is 19.4. The second-order valence-electron chi connectivity index (χ2n) is 4.47. The maximum absolute atomic E-state index is 12.5. The fourth-order valence-corrected chi connectivity index (χ4v) is 1.61. The molecular formula is C12H13F3O3. The maximum atomic E-state index is 12.5. The largest absolute Gasteiger partial charge is 0.493 e. The van der Waals surface area contributed by atoms with E-state index in [9.17, 15) is 13.2 Å². The van der Waals surface area contributed by atoms with Crippen LogP contribution in [0, 0.1) is 5.41 Å². The van der Waals surface area contributed by atoms with Crippen molar-refractivity contribution in [1.82, 2.24) is 0 Å². The zero-order chi connectivity index (χ0) is 13.2. The zero-order valence-corrected chi connectivity index (χ0v) is 9.54. The molecule has 1 N–H and O–H groups in total. The van der Waals surface area contributed by atoms with Crippen molar-refractivity contribution in [2.75, 3.05) is 26.4 Å². The Hall–Kier alpha value is -1.27. The van der Waals surface area contributed by atoms with E-state index in [2.05, 4.69) is 0 Å². The standard InChI is InChI=1S/C12H13F3O3/c13-12(14,15)9-2-1-3-10(4-9)18-8-11(5-16)6-17-7-11/h1-4,16H,5-8H2. The summed E-state index contributed by atoms with van der Waals surface area (Å²) in [5, 5.41) is 9.16. The lowest BCUT2D eigenvalue weighted by Gasteiger charge is -2.39. The Morgan fingerprint density at radius 1 is 1.33 bits per heavy atom. The summed E-state index contributed by atoms with van der Waals surface area (Å²) < 4.78 is 47.7. The van der Waals surface area contributed by atoms with Crippen LogP contribution in [0.1, 0.15) is 5.56 Å². The average molecular weight is 262 g/mol. The lowest BCUT2D eigenvalue weighted by Crippen LogP contribution is -2.49. The van der Waals surface area contributed by atoms with Crippen LogP contribution in [0.4, 0.5) is 13.2 Å². The molecule has 100 valence electrons. The Balaban J connectivity index is 2.01. The lowest BCUT2D eigenvalue weighted by atomic mass is 9.88. The molecule has 1 fully saturated rings. The first-order valence-electron chi connectivity index (χ1n) is 5.44. The molecule has 0 spiro atoms. The summed E-state index contributed by atoms with van der Waals surface area (Å²) in [6.45, 7) is 0.766. The van der Waals surface area contributed by atoms with Gasteiger partial charge in [-0.05, 0) is 18.2 Å². The number of rotatable bonds is 4. The summed E-state index contributed by atoms with van der Waals surface area (Å²) in [5.41, 5.74) is -1.23. The average Bonchev–Trinajstić information content (AvgIpc) is 2.27. The van der Waals surface area contributed by atoms with Crippen molar-refractivity contribution in [2.24, 2.45) is 5.41 Å². The van der Waals surface area contributed by atoms with Gasteiger partial charge in [-0.3, -0.25) is 0 Å². The molecule has 18 heavy (non-hydrogen) atoms. The van der Waals surface area contributed by atoms with Crippen LogP contribution >= 0.6 is 0 Å². The van der Waals surface area contributed by atoms with E-state index < -0.39 is 17.2 Å². The van der Waals surface area contributed by atoms with Crippen molar-refractivity contribution in [1.29, 1.82) is 0 Å². The van der Waals surface area contributed by atoms with Gasteiger partial charge in [0.15, 0.2) is 0 Å². The van der Waals surface area contributed by atoms with Gasteiger partial charge in [0.1, 0.15) is 12.4 Å². The first-order chi connectivity index (χ1) is 8.45. The van der Waals surface area contributed by atoms with Gasteiger partial charge in [0.2, 0.25) is 0 Å². The third-order valence-electron chi connectivity index (χ3n) is 2.86. The third kappa shape index (κ3) is 2.76. The Labute approximate surface area is 102 Å². The van der Waals surface area contributed by atoms with Gasteiger partial charge < -0.3 is 14.6 Å². The van der Waals surface area contributed by atoms with E-state index in [1.807, 2.05) is 0 Å². The summed E-state index contributed by atoms with van der Waals surface area (Å²) >= 11 is 0. The molecule has 1 heterocycles. The number of hydrogen-bond acceptors (Lipinski definition) is 3. The summed E-state index contributed by atoms with van der Waals surface area (Å²) in [5.74, 6) is 0.143. The van der Waals surface area contributed by atoms with Crippen molar-refractivity contribution in [3.05, 3.63) is 29.8 Å². The molecule has 2 rings (SSSR count). The molecule has 3 nitrogen and oxygen atoms in total. The summed E-state index contributed by atoms with van der Waals surface area (Å²) in [7, 11) is 0. The molecule has 0 radical (unpaired) electrons. The number of benzene rings is 1. The van der Waals surface area contributed by atoms with Gasteiger partial charge >= 0.3 is 6.18 Å². The molecule has 0 atom stereocenters. The van der Waals surface area contributed by atoms with Gasteiger partial charge in [-0.2, -0.15) is 13.2 Å². The van der Waals surface area contributed by atoms with Crippen LogP contribution in [0.2, 0.25) is 0 Å². The van der Waals surface area contributed by atoms with Crippen LogP contribution < -0.4 is 4.74 Å². The smallest absolute Gasteiger partial charge is 0.416 e. The predicted octanol–water partition coefficient (Wildman–Crippen LogP) is 2.09. The molecule has 0 aromatic heterocycles. The number of aliphatic hydroxyl groups excluding tert-OH is 1. The van der Waals surface area contributed by atoms with E-state index in [4.69, 9.17) is 14.6 Å². The molecular weight excluding hydrogens is 249 g/mol. The van der Waals surface area contributed by atoms with Crippen molar-refractivity contribution in [3.63, 3.8) is 0 Å². The van der Waals surface area contributed by atoms with E-state index in [1.165, 1.54) is 12.1 Å². The van der Waals surface area contributed by atoms with Gasteiger partial charge in [0, 0.05) is 0 Å². The van der Waals surface area contributed by atoms with E-state index in [-0.39, 0.29) is 19.0 Å². The first kappa shape index (κ1) is 13.2. The summed E-state index contributed by atoms with van der Waals surface area (Å²) in [6, 6.07) is 4.69.